The number of nitrogens with one attached hydrogen (secondary N) is 3. The van der Waals surface area contributed by atoms with Crippen LogP contribution in [0.3, 0.4) is 0 Å². The summed E-state index contributed by atoms with van der Waals surface area (Å²) in [6.07, 6.45) is 0. The monoisotopic (exact) mass is 287 g/mol. The first kappa shape index (κ1) is 15.0. The van der Waals surface area contributed by atoms with E-state index in [1.54, 1.807) is 12.1 Å². The lowest BCUT2D eigenvalue weighted by Gasteiger charge is -2.09. The molecule has 4 nitrogen and oxygen atoms in total. The highest BCUT2D eigenvalue weighted by molar-refractivity contribution is 5.99. The number of urea groups is 1. The van der Waals surface area contributed by atoms with Crippen molar-refractivity contribution >= 4 is 17.4 Å². The summed E-state index contributed by atoms with van der Waals surface area (Å²) < 4.78 is 13.4. The molecule has 0 saturated heterocycles. The third kappa shape index (κ3) is 4.57. The number of rotatable bonds is 5. The normalized spacial score (nSPS) is 10.2. The van der Waals surface area contributed by atoms with Gasteiger partial charge in [-0.15, -0.1) is 0 Å². The number of carbonyl (C=O) groups excluding carboxylic acids is 1. The standard InChI is InChI=1S/C16H18FN3O/c1-2-18-11-12-7-9-13(10-8-12)19-16(21)20-15-6-4-3-5-14(15)17/h3-10,18H,2,11H2,1H3,(H2,19,20,21). The highest BCUT2D eigenvalue weighted by atomic mass is 19.1. The molecule has 0 heterocycles. The fourth-order valence-corrected chi connectivity index (χ4v) is 1.82. The molecule has 0 bridgehead atoms. The topological polar surface area (TPSA) is 53.2 Å². The van der Waals surface area contributed by atoms with Crippen LogP contribution in [0.25, 0.3) is 0 Å². The molecule has 2 rings (SSSR count). The van der Waals surface area contributed by atoms with Crippen molar-refractivity contribution in [3.8, 4) is 0 Å². The highest BCUT2D eigenvalue weighted by Crippen LogP contribution is 2.14. The number of benzene rings is 2. The molecule has 3 N–H and O–H groups in total. The Morgan fingerprint density at radius 1 is 1.05 bits per heavy atom. The van der Waals surface area contributed by atoms with E-state index in [0.29, 0.717) is 5.69 Å². The highest BCUT2D eigenvalue weighted by Gasteiger charge is 2.06. The first-order valence-corrected chi connectivity index (χ1v) is 6.81. The summed E-state index contributed by atoms with van der Waals surface area (Å²) in [5.41, 5.74) is 1.94. The van der Waals surface area contributed by atoms with Crippen molar-refractivity contribution in [1.82, 2.24) is 5.32 Å². The number of halogens is 1. The maximum absolute atomic E-state index is 13.4. The molecular weight excluding hydrogens is 269 g/mol. The third-order valence-corrected chi connectivity index (χ3v) is 2.91. The van der Waals surface area contributed by atoms with E-state index in [1.165, 1.54) is 12.1 Å². The van der Waals surface area contributed by atoms with Crippen LogP contribution in [0, 0.1) is 5.82 Å². The van der Waals surface area contributed by atoms with Crippen LogP contribution in [-0.4, -0.2) is 12.6 Å². The maximum Gasteiger partial charge on any atom is 0.323 e. The molecule has 0 radical (unpaired) electrons. The van der Waals surface area contributed by atoms with Crippen molar-refractivity contribution in [3.63, 3.8) is 0 Å². The second kappa shape index (κ2) is 7.40. The number of hydrogen-bond donors (Lipinski definition) is 3. The average Bonchev–Trinajstić information content (AvgIpc) is 2.49. The van der Waals surface area contributed by atoms with Crippen LogP contribution in [0.4, 0.5) is 20.6 Å². The molecule has 0 unspecified atom stereocenters. The van der Waals surface area contributed by atoms with Gasteiger partial charge in [-0.05, 0) is 36.4 Å². The van der Waals surface area contributed by atoms with Crippen molar-refractivity contribution in [2.24, 2.45) is 0 Å². The first-order chi connectivity index (χ1) is 10.2. The molecule has 2 aromatic rings. The maximum atomic E-state index is 13.4. The fraction of sp³-hybridized carbons (Fsp3) is 0.188. The molecule has 2 aromatic carbocycles. The molecule has 0 aliphatic rings. The largest absolute Gasteiger partial charge is 0.323 e. The van der Waals surface area contributed by atoms with E-state index in [4.69, 9.17) is 0 Å². The van der Waals surface area contributed by atoms with Gasteiger partial charge in [0, 0.05) is 12.2 Å². The SMILES string of the molecule is CCNCc1ccc(NC(=O)Nc2ccccc2F)cc1. The number of carbonyl (C=O) groups is 1. The fourth-order valence-electron chi connectivity index (χ4n) is 1.82. The van der Waals surface area contributed by atoms with E-state index < -0.39 is 11.8 Å². The molecule has 2 amide bonds. The lowest BCUT2D eigenvalue weighted by molar-refractivity contribution is 0.262. The van der Waals surface area contributed by atoms with Crippen LogP contribution >= 0.6 is 0 Å². The summed E-state index contributed by atoms with van der Waals surface area (Å²) in [5.74, 6) is -0.464. The van der Waals surface area contributed by atoms with Crippen LogP contribution in [0.15, 0.2) is 48.5 Å². The van der Waals surface area contributed by atoms with Gasteiger partial charge in [-0.3, -0.25) is 0 Å². The van der Waals surface area contributed by atoms with Crippen molar-refractivity contribution in [2.45, 2.75) is 13.5 Å². The molecule has 0 atom stereocenters. The first-order valence-electron chi connectivity index (χ1n) is 6.81. The van der Waals surface area contributed by atoms with Gasteiger partial charge in [0.25, 0.3) is 0 Å². The Morgan fingerprint density at radius 2 is 1.76 bits per heavy atom. The van der Waals surface area contributed by atoms with Crippen LogP contribution in [-0.2, 0) is 6.54 Å². The Bertz CT molecular complexity index is 599. The number of amides is 2. The molecule has 0 aliphatic carbocycles. The minimum Gasteiger partial charge on any atom is -0.313 e. The van der Waals surface area contributed by atoms with E-state index >= 15 is 0 Å². The van der Waals surface area contributed by atoms with Crippen LogP contribution in [0.2, 0.25) is 0 Å². The van der Waals surface area contributed by atoms with E-state index in [9.17, 15) is 9.18 Å². The van der Waals surface area contributed by atoms with Crippen LogP contribution in [0.5, 0.6) is 0 Å². The zero-order valence-corrected chi connectivity index (χ0v) is 11.8. The quantitative estimate of drug-likeness (QED) is 0.787. The molecule has 0 spiro atoms. The minimum atomic E-state index is -0.473. The third-order valence-electron chi connectivity index (χ3n) is 2.91. The van der Waals surface area contributed by atoms with Gasteiger partial charge in [0.15, 0.2) is 0 Å². The Hall–Kier alpha value is -2.40. The van der Waals surface area contributed by atoms with Crippen molar-refractivity contribution in [2.75, 3.05) is 17.2 Å². The molecule has 0 saturated carbocycles. The molecule has 0 fully saturated rings. The minimum absolute atomic E-state index is 0.152. The van der Waals surface area contributed by atoms with Crippen LogP contribution in [0.1, 0.15) is 12.5 Å². The second-order valence-electron chi connectivity index (χ2n) is 4.54. The Balaban J connectivity index is 1.92. The van der Waals surface area contributed by atoms with Gasteiger partial charge >= 0.3 is 6.03 Å². The van der Waals surface area contributed by atoms with E-state index in [1.807, 2.05) is 31.2 Å². The Kier molecular flexibility index (Phi) is 5.29. The predicted octanol–water partition coefficient (Wildman–Crippen LogP) is 3.58. The lowest BCUT2D eigenvalue weighted by Crippen LogP contribution is -2.20. The molecule has 5 heteroatoms. The van der Waals surface area contributed by atoms with Crippen molar-refractivity contribution in [1.29, 1.82) is 0 Å². The lowest BCUT2D eigenvalue weighted by atomic mass is 10.2. The van der Waals surface area contributed by atoms with Crippen LogP contribution < -0.4 is 16.0 Å². The Morgan fingerprint density at radius 3 is 2.43 bits per heavy atom. The summed E-state index contributed by atoms with van der Waals surface area (Å²) in [6.45, 7) is 3.74. The summed E-state index contributed by atoms with van der Waals surface area (Å²) in [5, 5.41) is 8.36. The van der Waals surface area contributed by atoms with Gasteiger partial charge in [0.1, 0.15) is 5.82 Å². The summed E-state index contributed by atoms with van der Waals surface area (Å²) in [6, 6.07) is 13.1. The number of para-hydroxylation sites is 1. The van der Waals surface area contributed by atoms with E-state index in [-0.39, 0.29) is 5.69 Å². The van der Waals surface area contributed by atoms with Gasteiger partial charge in [-0.1, -0.05) is 31.2 Å². The van der Waals surface area contributed by atoms with Gasteiger partial charge in [-0.25, -0.2) is 9.18 Å². The zero-order valence-electron chi connectivity index (χ0n) is 11.8. The second-order valence-corrected chi connectivity index (χ2v) is 4.54. The zero-order chi connectivity index (χ0) is 15.1. The molecule has 21 heavy (non-hydrogen) atoms. The molecule has 0 aliphatic heterocycles. The molecule has 110 valence electrons. The molecule has 0 aromatic heterocycles. The number of hydrogen-bond acceptors (Lipinski definition) is 2. The van der Waals surface area contributed by atoms with Crippen molar-refractivity contribution in [3.05, 3.63) is 59.9 Å². The van der Waals surface area contributed by atoms with E-state index in [0.717, 1.165) is 18.7 Å². The summed E-state index contributed by atoms with van der Waals surface area (Å²) in [7, 11) is 0. The van der Waals surface area contributed by atoms with E-state index in [2.05, 4.69) is 16.0 Å². The number of anilines is 2. The smallest absolute Gasteiger partial charge is 0.313 e. The summed E-state index contributed by atoms with van der Waals surface area (Å²) >= 11 is 0. The predicted molar refractivity (Wildman–Crippen MR) is 82.9 cm³/mol. The summed E-state index contributed by atoms with van der Waals surface area (Å²) in [4.78, 5) is 11.8. The van der Waals surface area contributed by atoms with Gasteiger partial charge in [0.2, 0.25) is 0 Å². The average molecular weight is 287 g/mol. The van der Waals surface area contributed by atoms with Crippen molar-refractivity contribution < 1.29 is 9.18 Å². The van der Waals surface area contributed by atoms with Gasteiger partial charge in [-0.2, -0.15) is 0 Å². The van der Waals surface area contributed by atoms with Gasteiger partial charge < -0.3 is 16.0 Å². The van der Waals surface area contributed by atoms with Gasteiger partial charge in [0.05, 0.1) is 5.69 Å². The Labute approximate surface area is 123 Å². The molecular formula is C16H18FN3O.